The third kappa shape index (κ3) is 3.78. The first-order chi connectivity index (χ1) is 8.88. The number of hydrogen-bond acceptors (Lipinski definition) is 4. The minimum atomic E-state index is -0.817. The Balaban J connectivity index is 3.27. The molecule has 0 aliphatic carbocycles. The minimum absolute atomic E-state index is 0.0219. The standard InChI is InChI=1S/C12H16ClFN2O3/c1-8(2)15(4-3-5-17)11-6-9(13)10(14)7-12(11)16(18)19/h6-8,17H,3-5H2,1-2H3. The van der Waals surface area contributed by atoms with Gasteiger partial charge in [0.15, 0.2) is 0 Å². The molecule has 1 aromatic carbocycles. The van der Waals surface area contributed by atoms with E-state index < -0.39 is 10.7 Å². The maximum Gasteiger partial charge on any atom is 0.295 e. The van der Waals surface area contributed by atoms with Crippen LogP contribution < -0.4 is 4.90 Å². The Morgan fingerprint density at radius 2 is 2.16 bits per heavy atom. The van der Waals surface area contributed by atoms with Crippen LogP contribution >= 0.6 is 11.6 Å². The van der Waals surface area contributed by atoms with E-state index in [1.54, 1.807) is 4.90 Å². The van der Waals surface area contributed by atoms with Crippen LogP contribution in [0.1, 0.15) is 20.3 Å². The number of nitrogens with zero attached hydrogens (tertiary/aromatic N) is 2. The molecule has 5 nitrogen and oxygen atoms in total. The monoisotopic (exact) mass is 290 g/mol. The highest BCUT2D eigenvalue weighted by Gasteiger charge is 2.23. The highest BCUT2D eigenvalue weighted by atomic mass is 35.5. The Hall–Kier alpha value is -1.40. The van der Waals surface area contributed by atoms with E-state index in [1.807, 2.05) is 13.8 Å². The topological polar surface area (TPSA) is 66.6 Å². The van der Waals surface area contributed by atoms with Crippen LogP contribution in [-0.4, -0.2) is 29.2 Å². The number of anilines is 1. The number of hydrogen-bond donors (Lipinski definition) is 1. The molecule has 0 aliphatic heterocycles. The van der Waals surface area contributed by atoms with Gasteiger partial charge >= 0.3 is 0 Å². The Morgan fingerprint density at radius 1 is 1.53 bits per heavy atom. The average Bonchev–Trinajstić information content (AvgIpc) is 2.32. The lowest BCUT2D eigenvalue weighted by molar-refractivity contribution is -0.384. The number of nitro benzene ring substituents is 1. The molecule has 0 saturated carbocycles. The van der Waals surface area contributed by atoms with Gasteiger partial charge in [-0.1, -0.05) is 11.6 Å². The summed E-state index contributed by atoms with van der Waals surface area (Å²) < 4.78 is 13.3. The van der Waals surface area contributed by atoms with Crippen LogP contribution in [0.4, 0.5) is 15.8 Å². The average molecular weight is 291 g/mol. The summed E-state index contributed by atoms with van der Waals surface area (Å²) in [7, 11) is 0. The number of benzene rings is 1. The van der Waals surface area contributed by atoms with Crippen molar-refractivity contribution in [2.24, 2.45) is 0 Å². The van der Waals surface area contributed by atoms with Crippen LogP contribution in [0.5, 0.6) is 0 Å². The van der Waals surface area contributed by atoms with E-state index >= 15 is 0 Å². The quantitative estimate of drug-likeness (QED) is 0.646. The zero-order valence-corrected chi connectivity index (χ0v) is 11.5. The summed E-state index contributed by atoms with van der Waals surface area (Å²) in [6.45, 7) is 4.12. The van der Waals surface area contributed by atoms with Crippen molar-refractivity contribution in [1.82, 2.24) is 0 Å². The zero-order chi connectivity index (χ0) is 14.6. The maximum atomic E-state index is 13.3. The maximum absolute atomic E-state index is 13.3. The molecule has 0 saturated heterocycles. The van der Waals surface area contributed by atoms with Crippen molar-refractivity contribution in [1.29, 1.82) is 0 Å². The van der Waals surface area contributed by atoms with Crippen LogP contribution in [0.15, 0.2) is 12.1 Å². The second-order valence-corrected chi connectivity index (χ2v) is 4.78. The number of nitro groups is 1. The molecule has 0 radical (unpaired) electrons. The summed E-state index contributed by atoms with van der Waals surface area (Å²) in [6.07, 6.45) is 0.463. The van der Waals surface area contributed by atoms with Crippen molar-refractivity contribution in [3.63, 3.8) is 0 Å². The lowest BCUT2D eigenvalue weighted by Gasteiger charge is -2.28. The molecule has 0 aromatic heterocycles. The van der Waals surface area contributed by atoms with Crippen LogP contribution in [0.3, 0.4) is 0 Å². The Bertz CT molecular complexity index is 469. The first kappa shape index (κ1) is 15.7. The third-order valence-electron chi connectivity index (χ3n) is 2.70. The van der Waals surface area contributed by atoms with Crippen molar-refractivity contribution in [2.45, 2.75) is 26.3 Å². The number of aliphatic hydroxyl groups is 1. The summed E-state index contributed by atoms with van der Waals surface area (Å²) in [5, 5.41) is 19.7. The molecule has 7 heteroatoms. The lowest BCUT2D eigenvalue weighted by atomic mass is 10.2. The fourth-order valence-electron chi connectivity index (χ4n) is 1.80. The Kier molecular flexibility index (Phi) is 5.50. The molecular weight excluding hydrogens is 275 g/mol. The highest BCUT2D eigenvalue weighted by Crippen LogP contribution is 2.34. The van der Waals surface area contributed by atoms with Gasteiger partial charge < -0.3 is 10.0 Å². The molecule has 0 heterocycles. The number of halogens is 2. The SMILES string of the molecule is CC(C)N(CCCO)c1cc(Cl)c(F)cc1[N+](=O)[O-]. The summed E-state index contributed by atoms with van der Waals surface area (Å²) in [5.74, 6) is -0.817. The molecule has 106 valence electrons. The fraction of sp³-hybridized carbons (Fsp3) is 0.500. The van der Waals surface area contributed by atoms with Crippen LogP contribution in [-0.2, 0) is 0 Å². The van der Waals surface area contributed by atoms with Crippen molar-refractivity contribution in [3.05, 3.63) is 33.1 Å². The molecular formula is C12H16ClFN2O3. The molecule has 0 spiro atoms. The molecule has 0 unspecified atom stereocenters. The Labute approximate surface area is 115 Å². The predicted molar refractivity (Wildman–Crippen MR) is 72.2 cm³/mol. The zero-order valence-electron chi connectivity index (χ0n) is 10.8. The van der Waals surface area contributed by atoms with Gasteiger partial charge in [0.1, 0.15) is 11.5 Å². The normalized spacial score (nSPS) is 10.8. The second-order valence-electron chi connectivity index (χ2n) is 4.38. The van der Waals surface area contributed by atoms with Crippen LogP contribution in [0, 0.1) is 15.9 Å². The summed E-state index contributed by atoms with van der Waals surface area (Å²) in [6, 6.07) is 2.05. The lowest BCUT2D eigenvalue weighted by Crippen LogP contribution is -2.32. The smallest absolute Gasteiger partial charge is 0.295 e. The van der Waals surface area contributed by atoms with E-state index in [4.69, 9.17) is 16.7 Å². The summed E-state index contributed by atoms with van der Waals surface area (Å²) in [4.78, 5) is 12.1. The molecule has 0 amide bonds. The minimum Gasteiger partial charge on any atom is -0.396 e. The molecule has 1 aromatic rings. The first-order valence-electron chi connectivity index (χ1n) is 5.89. The van der Waals surface area contributed by atoms with Gasteiger partial charge in [0.2, 0.25) is 0 Å². The van der Waals surface area contributed by atoms with Gasteiger partial charge in [-0.15, -0.1) is 0 Å². The Morgan fingerprint density at radius 3 is 2.63 bits per heavy atom. The summed E-state index contributed by atoms with van der Waals surface area (Å²) in [5.41, 5.74) is -0.0617. The van der Waals surface area contributed by atoms with E-state index in [1.165, 1.54) is 6.07 Å². The van der Waals surface area contributed by atoms with Gasteiger partial charge in [-0.3, -0.25) is 10.1 Å². The fourth-order valence-corrected chi connectivity index (χ4v) is 1.96. The largest absolute Gasteiger partial charge is 0.396 e. The van der Waals surface area contributed by atoms with Crippen molar-refractivity contribution >= 4 is 23.0 Å². The van der Waals surface area contributed by atoms with Gasteiger partial charge in [-0.2, -0.15) is 0 Å². The molecule has 0 atom stereocenters. The van der Waals surface area contributed by atoms with E-state index in [2.05, 4.69) is 0 Å². The molecule has 1 rings (SSSR count). The first-order valence-corrected chi connectivity index (χ1v) is 6.27. The number of rotatable bonds is 6. The molecule has 0 fully saturated rings. The third-order valence-corrected chi connectivity index (χ3v) is 2.99. The van der Waals surface area contributed by atoms with E-state index in [-0.39, 0.29) is 29.0 Å². The number of aliphatic hydroxyl groups excluding tert-OH is 1. The molecule has 0 aliphatic rings. The van der Waals surface area contributed by atoms with Gasteiger partial charge in [0.05, 0.1) is 16.0 Å². The second kappa shape index (κ2) is 6.68. The van der Waals surface area contributed by atoms with Crippen molar-refractivity contribution in [3.8, 4) is 0 Å². The van der Waals surface area contributed by atoms with Crippen LogP contribution in [0.25, 0.3) is 0 Å². The van der Waals surface area contributed by atoms with E-state index in [9.17, 15) is 14.5 Å². The van der Waals surface area contributed by atoms with Crippen molar-refractivity contribution < 1.29 is 14.4 Å². The van der Waals surface area contributed by atoms with Gasteiger partial charge in [-0.05, 0) is 26.3 Å². The predicted octanol–water partition coefficient (Wildman–Crippen LogP) is 2.98. The van der Waals surface area contributed by atoms with Gasteiger partial charge in [-0.25, -0.2) is 4.39 Å². The molecule has 0 bridgehead atoms. The van der Waals surface area contributed by atoms with E-state index in [0.717, 1.165) is 6.07 Å². The van der Waals surface area contributed by atoms with Crippen molar-refractivity contribution in [2.75, 3.05) is 18.1 Å². The summed E-state index contributed by atoms with van der Waals surface area (Å²) >= 11 is 5.70. The molecule has 1 N–H and O–H groups in total. The highest BCUT2D eigenvalue weighted by molar-refractivity contribution is 6.31. The molecule has 19 heavy (non-hydrogen) atoms. The van der Waals surface area contributed by atoms with Gasteiger partial charge in [0.25, 0.3) is 5.69 Å². The van der Waals surface area contributed by atoms with Crippen LogP contribution in [0.2, 0.25) is 5.02 Å². The van der Waals surface area contributed by atoms with E-state index in [0.29, 0.717) is 13.0 Å². The van der Waals surface area contributed by atoms with Gasteiger partial charge in [0, 0.05) is 19.2 Å².